The monoisotopic (exact) mass is 857 g/mol. The fraction of sp³-hybridized carbons (Fsp3) is 0.625. The largest absolute Gasteiger partial charge is 0.495 e. The Balaban J connectivity index is 1.36. The summed E-state index contributed by atoms with van der Waals surface area (Å²) in [4.78, 5) is 62.0. The van der Waals surface area contributed by atoms with Crippen molar-refractivity contribution in [2.75, 3.05) is 13.7 Å². The summed E-state index contributed by atoms with van der Waals surface area (Å²) in [5.74, 6) is -5.41. The summed E-state index contributed by atoms with van der Waals surface area (Å²) < 4.78 is 100. The summed E-state index contributed by atoms with van der Waals surface area (Å²) in [5.41, 5.74) is -4.40. The maximum Gasteiger partial charge on any atom is 0.427 e. The van der Waals surface area contributed by atoms with E-state index in [1.54, 1.807) is 31.2 Å². The quantitative estimate of drug-likeness (QED) is 0.158. The van der Waals surface area contributed by atoms with Crippen LogP contribution < -0.4 is 14.2 Å². The zero-order chi connectivity index (χ0) is 42.6. The number of esters is 1. The van der Waals surface area contributed by atoms with E-state index in [4.69, 9.17) is 25.8 Å². The number of fused-ring (bicyclic) bond motifs is 3. The number of nitrogens with zero attached hydrogens (tertiary/aromatic N) is 2. The van der Waals surface area contributed by atoms with Crippen molar-refractivity contribution in [3.05, 3.63) is 41.6 Å². The van der Waals surface area contributed by atoms with Gasteiger partial charge in [0.05, 0.1) is 42.5 Å². The molecule has 0 radical (unpaired) electrons. The fourth-order valence-corrected chi connectivity index (χ4v) is 9.61. The lowest BCUT2D eigenvalue weighted by Gasteiger charge is -2.33. The highest BCUT2D eigenvalue weighted by atomic mass is 35.5. The number of alkyl halides is 4. The summed E-state index contributed by atoms with van der Waals surface area (Å²) in [6, 6.07) is 3.72. The van der Waals surface area contributed by atoms with Crippen molar-refractivity contribution < 1.29 is 59.4 Å². The maximum absolute atomic E-state index is 14.8. The highest BCUT2D eigenvalue weighted by Gasteiger charge is 2.64. The zero-order valence-electron chi connectivity index (χ0n) is 32.9. The zero-order valence-corrected chi connectivity index (χ0v) is 34.4. The van der Waals surface area contributed by atoms with Crippen molar-refractivity contribution in [2.45, 2.75) is 114 Å². The average Bonchev–Trinajstić information content (AvgIpc) is 4.01. The molecule has 2 aliphatic heterocycles. The Morgan fingerprint density at radius 1 is 1.12 bits per heavy atom. The van der Waals surface area contributed by atoms with E-state index in [0.717, 1.165) is 0 Å². The number of sulfonamides is 1. The number of methoxy groups -OCH3 is 1. The SMILES string of the molecule is COc1cc2ccnc(O[C@@H]3C[C@H]4C(=O)C[C@]5(C(=O)NS(=O)(=O)C6(F)CC6)C[C@H]5/C=C\CC[C@@H](C)C[C@@H](C)[C@H](CC(=O)OC(C)(C)C(F)(F)F)C(=O)N4C3)c2cc1Cl. The third kappa shape index (κ3) is 8.80. The summed E-state index contributed by atoms with van der Waals surface area (Å²) in [7, 11) is -3.24. The van der Waals surface area contributed by atoms with Crippen LogP contribution in [0, 0.1) is 29.1 Å². The number of amides is 2. The van der Waals surface area contributed by atoms with Gasteiger partial charge < -0.3 is 19.1 Å². The molecule has 2 aromatic rings. The van der Waals surface area contributed by atoms with Crippen LogP contribution in [0.2, 0.25) is 5.02 Å². The number of nitrogens with one attached hydrogen (secondary N) is 1. The van der Waals surface area contributed by atoms with Gasteiger partial charge in [-0.2, -0.15) is 13.2 Å². The standard InChI is InChI=1S/C40H48ClF4N3O9S/c1-22-8-6-7-9-25-19-38(25,36(52)47-58(53,54)39(42)11-12-39)20-31(49)30-16-26(56-34-28-17-29(41)32(55-5)15-24(28)10-13-46-34)21-48(30)35(51)27(23(2)14-22)18-33(50)57-37(3,4)40(43,44)45/h7,9-10,13,15,17,22-23,25-27,30H,6,8,11-12,14,16,18-21H2,1-5H3,(H,47,52)/b9-7-/t22-,23-,25-,26-,27+,30+,38-/m1/s1. The van der Waals surface area contributed by atoms with Crippen LogP contribution in [-0.2, 0) is 33.9 Å². The van der Waals surface area contributed by atoms with Gasteiger partial charge in [0, 0.05) is 37.3 Å². The first-order valence-electron chi connectivity index (χ1n) is 19.3. The van der Waals surface area contributed by atoms with Crippen molar-refractivity contribution in [3.63, 3.8) is 0 Å². The molecule has 2 saturated carbocycles. The maximum atomic E-state index is 14.8. The van der Waals surface area contributed by atoms with Gasteiger partial charge >= 0.3 is 12.1 Å². The highest BCUT2D eigenvalue weighted by molar-refractivity contribution is 7.91. The van der Waals surface area contributed by atoms with Gasteiger partial charge in [0.25, 0.3) is 10.0 Å². The number of Topliss-reactive ketones (excluding diaryl/α,β-unsaturated/α-hetero) is 1. The normalized spacial score (nSPS) is 29.7. The molecule has 6 rings (SSSR count). The van der Waals surface area contributed by atoms with Crippen LogP contribution in [0.3, 0.4) is 0 Å². The molecule has 2 aliphatic carbocycles. The Labute approximate surface area is 339 Å². The van der Waals surface area contributed by atoms with Crippen LogP contribution in [0.5, 0.6) is 11.6 Å². The number of aromatic nitrogens is 1. The lowest BCUT2D eigenvalue weighted by molar-refractivity contribution is -0.257. The van der Waals surface area contributed by atoms with Crippen LogP contribution in [0.25, 0.3) is 10.8 Å². The number of allylic oxidation sites excluding steroid dienone is 2. The summed E-state index contributed by atoms with van der Waals surface area (Å²) in [6.07, 6.45) is -0.945. The minimum atomic E-state index is -4.89. The third-order valence-electron chi connectivity index (χ3n) is 12.0. The number of carbonyl (C=O) groups is 4. The molecular weight excluding hydrogens is 810 g/mol. The minimum absolute atomic E-state index is 0.0330. The van der Waals surface area contributed by atoms with Crippen LogP contribution in [-0.4, -0.2) is 84.4 Å². The molecule has 1 N–H and O–H groups in total. The van der Waals surface area contributed by atoms with Gasteiger partial charge in [-0.1, -0.05) is 37.6 Å². The van der Waals surface area contributed by atoms with E-state index >= 15 is 0 Å². The molecule has 3 fully saturated rings. The number of halogens is 5. The van der Waals surface area contributed by atoms with E-state index < -0.39 is 98.5 Å². The van der Waals surface area contributed by atoms with E-state index in [1.165, 1.54) is 18.2 Å². The van der Waals surface area contributed by atoms with Crippen LogP contribution in [0.4, 0.5) is 17.6 Å². The van der Waals surface area contributed by atoms with Crippen LogP contribution in [0.15, 0.2) is 36.5 Å². The van der Waals surface area contributed by atoms with Crippen LogP contribution >= 0.6 is 11.6 Å². The number of ketones is 1. The Morgan fingerprint density at radius 3 is 2.48 bits per heavy atom. The molecular formula is C40H48ClF4N3O9S. The topological polar surface area (TPSA) is 158 Å². The van der Waals surface area contributed by atoms with Crippen molar-refractivity contribution in [2.24, 2.45) is 29.1 Å². The first-order valence-corrected chi connectivity index (χ1v) is 21.2. The number of hydrogen-bond donors (Lipinski definition) is 1. The molecule has 1 aromatic carbocycles. The van der Waals surface area contributed by atoms with Gasteiger partial charge in [-0.3, -0.25) is 19.2 Å². The molecule has 12 nitrogen and oxygen atoms in total. The predicted molar refractivity (Wildman–Crippen MR) is 204 cm³/mol. The molecule has 0 unspecified atom stereocenters. The smallest absolute Gasteiger partial charge is 0.427 e. The molecule has 0 spiro atoms. The average molecular weight is 858 g/mol. The molecule has 3 heterocycles. The van der Waals surface area contributed by atoms with E-state index in [0.29, 0.717) is 49.6 Å². The molecule has 2 amide bonds. The number of pyridine rings is 1. The molecule has 1 aromatic heterocycles. The molecule has 7 atom stereocenters. The summed E-state index contributed by atoms with van der Waals surface area (Å²) >= 11 is 6.43. The molecule has 0 bridgehead atoms. The van der Waals surface area contributed by atoms with Gasteiger partial charge in [0.1, 0.15) is 11.9 Å². The van der Waals surface area contributed by atoms with Crippen molar-refractivity contribution in [1.82, 2.24) is 14.6 Å². The Bertz CT molecular complexity index is 2110. The fourth-order valence-electron chi connectivity index (χ4n) is 8.09. The van der Waals surface area contributed by atoms with E-state index in [9.17, 15) is 45.2 Å². The summed E-state index contributed by atoms with van der Waals surface area (Å²) in [6.45, 7) is 4.88. The molecule has 318 valence electrons. The molecule has 58 heavy (non-hydrogen) atoms. The second-order valence-electron chi connectivity index (χ2n) is 16.8. The Hall–Kier alpha value is -3.99. The Morgan fingerprint density at radius 2 is 1.83 bits per heavy atom. The first kappa shape index (κ1) is 43.6. The van der Waals surface area contributed by atoms with Crippen LogP contribution in [0.1, 0.15) is 85.5 Å². The lowest BCUT2D eigenvalue weighted by Crippen LogP contribution is -2.48. The second-order valence-corrected chi connectivity index (χ2v) is 19.2. The van der Waals surface area contributed by atoms with Gasteiger partial charge in [-0.05, 0) is 80.9 Å². The van der Waals surface area contributed by atoms with Crippen molar-refractivity contribution in [3.8, 4) is 11.6 Å². The second kappa shape index (κ2) is 15.9. The Kier molecular flexibility index (Phi) is 11.9. The van der Waals surface area contributed by atoms with Gasteiger partial charge in [-0.25, -0.2) is 22.5 Å². The minimum Gasteiger partial charge on any atom is -0.495 e. The number of rotatable bonds is 9. The van der Waals surface area contributed by atoms with E-state index in [-0.39, 0.29) is 49.0 Å². The first-order chi connectivity index (χ1) is 27.0. The number of carbonyl (C=O) groups excluding carboxylic acids is 4. The molecule has 18 heteroatoms. The lowest BCUT2D eigenvalue weighted by atomic mass is 9.82. The number of ether oxygens (including phenoxy) is 3. The van der Waals surface area contributed by atoms with Gasteiger partial charge in [-0.15, -0.1) is 0 Å². The van der Waals surface area contributed by atoms with Crippen molar-refractivity contribution >= 4 is 56.0 Å². The summed E-state index contributed by atoms with van der Waals surface area (Å²) in [5, 5.41) is -1.16. The highest BCUT2D eigenvalue weighted by Crippen LogP contribution is 2.58. The van der Waals surface area contributed by atoms with Crippen molar-refractivity contribution in [1.29, 1.82) is 0 Å². The number of hydrogen-bond acceptors (Lipinski definition) is 10. The van der Waals surface area contributed by atoms with E-state index in [1.807, 2.05) is 17.7 Å². The van der Waals surface area contributed by atoms with Gasteiger partial charge in [0.2, 0.25) is 28.3 Å². The number of benzene rings is 1. The predicted octanol–water partition coefficient (Wildman–Crippen LogP) is 7.02. The molecule has 1 saturated heterocycles. The van der Waals surface area contributed by atoms with E-state index in [2.05, 4.69) is 4.98 Å². The third-order valence-corrected chi connectivity index (χ3v) is 14.2. The van der Waals surface area contributed by atoms with Gasteiger partial charge in [0.15, 0.2) is 5.78 Å². The molecule has 4 aliphatic rings.